The lowest BCUT2D eigenvalue weighted by molar-refractivity contribution is 0.114. The van der Waals surface area contributed by atoms with Crippen LogP contribution in [0.1, 0.15) is 24.7 Å². The van der Waals surface area contributed by atoms with E-state index in [0.29, 0.717) is 24.9 Å². The molecule has 1 aromatic heterocycles. The van der Waals surface area contributed by atoms with Gasteiger partial charge in [-0.1, -0.05) is 30.3 Å². The van der Waals surface area contributed by atoms with E-state index in [9.17, 15) is 0 Å². The second-order valence-electron chi connectivity index (χ2n) is 4.58. The van der Waals surface area contributed by atoms with E-state index in [1.165, 1.54) is 5.56 Å². The molecule has 0 atom stereocenters. The van der Waals surface area contributed by atoms with Crippen LogP contribution in [-0.4, -0.2) is 30.3 Å². The third kappa shape index (κ3) is 3.88. The van der Waals surface area contributed by atoms with E-state index in [-0.39, 0.29) is 0 Å². The molecule has 0 unspecified atom stereocenters. The molecular formula is C15H21N3O2. The van der Waals surface area contributed by atoms with Crippen molar-refractivity contribution >= 4 is 0 Å². The van der Waals surface area contributed by atoms with Crippen LogP contribution < -0.4 is 5.32 Å². The van der Waals surface area contributed by atoms with Crippen LogP contribution in [0.2, 0.25) is 0 Å². The van der Waals surface area contributed by atoms with Gasteiger partial charge in [0.05, 0.1) is 0 Å². The maximum atomic E-state index is 5.42. The number of nitrogens with zero attached hydrogens (tertiary/aromatic N) is 2. The minimum absolute atomic E-state index is 0.399. The van der Waals surface area contributed by atoms with E-state index in [4.69, 9.17) is 9.26 Å². The fraction of sp³-hybridized carbons (Fsp3) is 0.467. The Hall–Kier alpha value is -1.72. The first kappa shape index (κ1) is 14.7. The predicted octanol–water partition coefficient (Wildman–Crippen LogP) is 2.43. The van der Waals surface area contributed by atoms with Crippen LogP contribution in [0.15, 0.2) is 28.8 Å². The third-order valence-electron chi connectivity index (χ3n) is 2.94. The van der Waals surface area contributed by atoms with E-state index in [1.54, 1.807) is 0 Å². The molecule has 0 fully saturated rings. The summed E-state index contributed by atoms with van der Waals surface area (Å²) >= 11 is 0. The van der Waals surface area contributed by atoms with Gasteiger partial charge < -0.3 is 14.6 Å². The number of aromatic nitrogens is 2. The zero-order chi connectivity index (χ0) is 14.2. The Labute approximate surface area is 119 Å². The highest BCUT2D eigenvalue weighted by molar-refractivity contribution is 5.58. The van der Waals surface area contributed by atoms with E-state index in [0.717, 1.165) is 24.9 Å². The van der Waals surface area contributed by atoms with Crippen LogP contribution >= 0.6 is 0 Å². The molecule has 108 valence electrons. The number of rotatable bonds is 8. The van der Waals surface area contributed by atoms with Crippen molar-refractivity contribution < 1.29 is 9.26 Å². The van der Waals surface area contributed by atoms with Crippen molar-refractivity contribution in [1.82, 2.24) is 15.5 Å². The molecule has 0 saturated carbocycles. The van der Waals surface area contributed by atoms with E-state index < -0.39 is 0 Å². The molecule has 1 aromatic carbocycles. The highest BCUT2D eigenvalue weighted by Crippen LogP contribution is 2.22. The van der Waals surface area contributed by atoms with Crippen LogP contribution in [0.3, 0.4) is 0 Å². The van der Waals surface area contributed by atoms with Crippen LogP contribution in [-0.2, 0) is 17.8 Å². The van der Waals surface area contributed by atoms with Gasteiger partial charge in [0.2, 0.25) is 0 Å². The topological polar surface area (TPSA) is 60.2 Å². The lowest BCUT2D eigenvalue weighted by atomic mass is 10.0. The second-order valence-corrected chi connectivity index (χ2v) is 4.58. The molecule has 5 nitrogen and oxygen atoms in total. The fourth-order valence-corrected chi connectivity index (χ4v) is 1.94. The highest BCUT2D eigenvalue weighted by atomic mass is 16.5. The summed E-state index contributed by atoms with van der Waals surface area (Å²) in [4.78, 5) is 4.40. The van der Waals surface area contributed by atoms with Crippen LogP contribution in [0.5, 0.6) is 0 Å². The summed E-state index contributed by atoms with van der Waals surface area (Å²) in [6.07, 6.45) is 1.91. The highest BCUT2D eigenvalue weighted by Gasteiger charge is 2.12. The van der Waals surface area contributed by atoms with Crippen molar-refractivity contribution in [3.63, 3.8) is 0 Å². The standard InChI is InChI=1S/C15H21N3O2/c1-3-10-19-11-14-17-15(20-18-14)13-7-5-4-6-12(13)8-9-16-2/h4-7,16H,3,8-11H2,1-2H3. The number of likely N-dealkylation sites (N-methyl/N-ethyl adjacent to an activating group) is 1. The SMILES string of the molecule is CCCOCc1noc(-c2ccccc2CCNC)n1. The van der Waals surface area contributed by atoms with Crippen LogP contribution in [0.4, 0.5) is 0 Å². The Morgan fingerprint density at radius 3 is 2.95 bits per heavy atom. The number of hydrogen-bond acceptors (Lipinski definition) is 5. The van der Waals surface area contributed by atoms with Crippen molar-refractivity contribution in [2.24, 2.45) is 0 Å². The first-order chi connectivity index (χ1) is 9.85. The zero-order valence-electron chi connectivity index (χ0n) is 12.1. The van der Waals surface area contributed by atoms with Gasteiger partial charge in [0.25, 0.3) is 5.89 Å². The van der Waals surface area contributed by atoms with Gasteiger partial charge in [-0.2, -0.15) is 4.98 Å². The van der Waals surface area contributed by atoms with Gasteiger partial charge in [0.15, 0.2) is 5.82 Å². The van der Waals surface area contributed by atoms with Gasteiger partial charge in [-0.3, -0.25) is 0 Å². The molecule has 0 radical (unpaired) electrons. The van der Waals surface area contributed by atoms with Crippen molar-refractivity contribution in [3.05, 3.63) is 35.7 Å². The average molecular weight is 275 g/mol. The summed E-state index contributed by atoms with van der Waals surface area (Å²) in [5.41, 5.74) is 2.20. The zero-order valence-corrected chi connectivity index (χ0v) is 12.1. The minimum atomic E-state index is 0.399. The normalized spacial score (nSPS) is 10.9. The molecule has 2 rings (SSSR count). The first-order valence-corrected chi connectivity index (χ1v) is 6.98. The molecule has 0 amide bonds. The molecule has 0 aliphatic rings. The van der Waals surface area contributed by atoms with Crippen LogP contribution in [0.25, 0.3) is 11.5 Å². The molecule has 5 heteroatoms. The molecule has 0 saturated heterocycles. The van der Waals surface area contributed by atoms with Crippen molar-refractivity contribution in [3.8, 4) is 11.5 Å². The Bertz CT molecular complexity index is 525. The monoisotopic (exact) mass is 275 g/mol. The summed E-state index contributed by atoms with van der Waals surface area (Å²) in [7, 11) is 1.94. The largest absolute Gasteiger partial charge is 0.373 e. The van der Waals surface area contributed by atoms with Gasteiger partial charge in [-0.05, 0) is 38.1 Å². The molecule has 0 aliphatic heterocycles. The number of nitrogens with one attached hydrogen (secondary N) is 1. The summed E-state index contributed by atoms with van der Waals surface area (Å²) in [5.74, 6) is 1.16. The Kier molecular flexibility index (Phi) is 5.70. The van der Waals surface area contributed by atoms with Crippen molar-refractivity contribution in [2.45, 2.75) is 26.4 Å². The average Bonchev–Trinajstić information content (AvgIpc) is 2.94. The van der Waals surface area contributed by atoms with Crippen molar-refractivity contribution in [2.75, 3.05) is 20.2 Å². The van der Waals surface area contributed by atoms with Gasteiger partial charge in [0.1, 0.15) is 6.61 Å². The van der Waals surface area contributed by atoms with E-state index >= 15 is 0 Å². The van der Waals surface area contributed by atoms with Gasteiger partial charge in [0, 0.05) is 12.2 Å². The van der Waals surface area contributed by atoms with Gasteiger partial charge >= 0.3 is 0 Å². The fourth-order valence-electron chi connectivity index (χ4n) is 1.94. The maximum Gasteiger partial charge on any atom is 0.258 e. The summed E-state index contributed by atoms with van der Waals surface area (Å²) < 4.78 is 10.8. The molecule has 0 aliphatic carbocycles. The maximum absolute atomic E-state index is 5.42. The Balaban J connectivity index is 2.11. The summed E-state index contributed by atoms with van der Waals surface area (Å²) in [6.45, 7) is 4.09. The smallest absolute Gasteiger partial charge is 0.258 e. The summed E-state index contributed by atoms with van der Waals surface area (Å²) in [5, 5.41) is 7.11. The molecule has 2 aromatic rings. The Morgan fingerprint density at radius 2 is 2.15 bits per heavy atom. The van der Waals surface area contributed by atoms with Crippen LogP contribution in [0, 0.1) is 0 Å². The Morgan fingerprint density at radius 1 is 1.30 bits per heavy atom. The van der Waals surface area contributed by atoms with Crippen molar-refractivity contribution in [1.29, 1.82) is 0 Å². The number of benzene rings is 1. The first-order valence-electron chi connectivity index (χ1n) is 6.98. The molecule has 1 heterocycles. The molecule has 1 N–H and O–H groups in total. The molecule has 0 spiro atoms. The van der Waals surface area contributed by atoms with E-state index in [1.807, 2.05) is 25.2 Å². The van der Waals surface area contributed by atoms with Gasteiger partial charge in [-0.25, -0.2) is 0 Å². The minimum Gasteiger partial charge on any atom is -0.373 e. The lowest BCUT2D eigenvalue weighted by Crippen LogP contribution is -2.10. The number of hydrogen-bond donors (Lipinski definition) is 1. The predicted molar refractivity (Wildman–Crippen MR) is 77.3 cm³/mol. The van der Waals surface area contributed by atoms with E-state index in [2.05, 4.69) is 28.4 Å². The molecule has 20 heavy (non-hydrogen) atoms. The third-order valence-corrected chi connectivity index (χ3v) is 2.94. The quantitative estimate of drug-likeness (QED) is 0.750. The van der Waals surface area contributed by atoms with Gasteiger partial charge in [-0.15, -0.1) is 0 Å². The molecular weight excluding hydrogens is 254 g/mol. The molecule has 0 bridgehead atoms. The lowest BCUT2D eigenvalue weighted by Gasteiger charge is -2.05. The number of ether oxygens (including phenoxy) is 1. The summed E-state index contributed by atoms with van der Waals surface area (Å²) in [6, 6.07) is 8.10. The second kappa shape index (κ2) is 7.77.